The van der Waals surface area contributed by atoms with Crippen molar-refractivity contribution < 1.29 is 4.39 Å². The Morgan fingerprint density at radius 3 is 2.75 bits per heavy atom. The molecule has 150 valence electrons. The minimum Gasteiger partial charge on any atom is -0.296 e. The first kappa shape index (κ1) is 20.3. The molecule has 0 bridgehead atoms. The topological polar surface area (TPSA) is 9.72 Å². The van der Waals surface area contributed by atoms with Gasteiger partial charge in [-0.05, 0) is 56.6 Å². The summed E-state index contributed by atoms with van der Waals surface area (Å²) in [5.74, 6) is -0.191. The van der Waals surface area contributed by atoms with Crippen molar-refractivity contribution >= 4 is 41.0 Å². The average molecular weight is 440 g/mol. The molecule has 0 aliphatic carbocycles. The molecule has 0 saturated carbocycles. The third kappa shape index (κ3) is 3.88. The van der Waals surface area contributed by atoms with E-state index in [0.29, 0.717) is 16.1 Å². The highest BCUT2D eigenvalue weighted by molar-refractivity contribution is 7.98. The summed E-state index contributed by atoms with van der Waals surface area (Å²) in [7, 11) is 2.11. The number of likely N-dealkylation sites (N-methyl/N-ethyl adjacent to an activating group) is 1. The molecule has 3 nitrogen and oxygen atoms in total. The van der Waals surface area contributed by atoms with Crippen LogP contribution in [-0.4, -0.2) is 40.9 Å². The lowest BCUT2D eigenvalue weighted by molar-refractivity contribution is 0.100. The first-order valence-corrected chi connectivity index (χ1v) is 11.0. The third-order valence-corrected chi connectivity index (χ3v) is 7.81. The van der Waals surface area contributed by atoms with E-state index in [1.165, 1.54) is 6.07 Å². The number of benzene rings is 2. The van der Waals surface area contributed by atoms with E-state index in [9.17, 15) is 4.39 Å². The predicted octanol–water partition coefficient (Wildman–Crippen LogP) is 5.87. The lowest BCUT2D eigenvalue weighted by Gasteiger charge is -2.47. The van der Waals surface area contributed by atoms with E-state index in [0.717, 1.165) is 43.7 Å². The zero-order valence-corrected chi connectivity index (χ0v) is 18.4. The molecule has 2 aliphatic rings. The van der Waals surface area contributed by atoms with E-state index in [1.807, 2.05) is 24.3 Å². The van der Waals surface area contributed by atoms with E-state index in [-0.39, 0.29) is 11.4 Å². The molecule has 2 heterocycles. The Bertz CT molecular complexity index is 867. The highest BCUT2D eigenvalue weighted by Gasteiger charge is 2.48. The molecule has 2 aromatic carbocycles. The van der Waals surface area contributed by atoms with Gasteiger partial charge in [0.25, 0.3) is 0 Å². The molecule has 0 amide bonds. The molecule has 2 aliphatic heterocycles. The maximum atomic E-state index is 13.8. The van der Waals surface area contributed by atoms with Crippen LogP contribution in [0.15, 0.2) is 42.5 Å². The molecule has 0 unspecified atom stereocenters. The second-order valence-electron chi connectivity index (χ2n) is 7.85. The van der Waals surface area contributed by atoms with Crippen LogP contribution in [0.2, 0.25) is 10.0 Å². The number of nitrogens with zero attached hydrogens (tertiary/aromatic N) is 3. The van der Waals surface area contributed by atoms with E-state index >= 15 is 0 Å². The molecular formula is C21H24Cl2FN3S. The number of rotatable bonds is 3. The van der Waals surface area contributed by atoms with Gasteiger partial charge in [-0.1, -0.05) is 41.4 Å². The molecule has 2 atom stereocenters. The number of hydrogen-bond acceptors (Lipinski definition) is 4. The van der Waals surface area contributed by atoms with Crippen molar-refractivity contribution in [2.24, 2.45) is 0 Å². The Morgan fingerprint density at radius 1 is 1.21 bits per heavy atom. The molecule has 2 fully saturated rings. The zero-order chi connectivity index (χ0) is 19.9. The molecule has 2 aromatic rings. The standard InChI is InChI=1S/C21H24Cl2FN3S/c1-15-12-21(9-10-26(15)13-16-5-3-8-19(22)20(16)23)14-25(2)28-27(21)18-7-4-6-17(24)11-18/h3-8,11,15H,9-10,12-14H2,1-2H3/t15-,21+/m0/s1. The van der Waals surface area contributed by atoms with Crippen LogP contribution in [0.5, 0.6) is 0 Å². The molecule has 0 N–H and O–H groups in total. The van der Waals surface area contributed by atoms with Gasteiger partial charge in [0.2, 0.25) is 0 Å². The van der Waals surface area contributed by atoms with Gasteiger partial charge in [-0.15, -0.1) is 0 Å². The molecule has 4 rings (SSSR count). The van der Waals surface area contributed by atoms with Gasteiger partial charge in [0.15, 0.2) is 0 Å². The van der Waals surface area contributed by atoms with Gasteiger partial charge in [0.1, 0.15) is 5.82 Å². The van der Waals surface area contributed by atoms with E-state index in [1.54, 1.807) is 24.3 Å². The van der Waals surface area contributed by atoms with Crippen molar-refractivity contribution in [1.29, 1.82) is 0 Å². The molecule has 28 heavy (non-hydrogen) atoms. The summed E-state index contributed by atoms with van der Waals surface area (Å²) in [5.41, 5.74) is 2.01. The summed E-state index contributed by atoms with van der Waals surface area (Å²) < 4.78 is 18.4. The molecule has 7 heteroatoms. The Kier molecular flexibility index (Phi) is 5.83. The van der Waals surface area contributed by atoms with Crippen LogP contribution < -0.4 is 4.31 Å². The summed E-state index contributed by atoms with van der Waals surface area (Å²) in [4.78, 5) is 2.47. The molecule has 0 radical (unpaired) electrons. The summed E-state index contributed by atoms with van der Waals surface area (Å²) in [5, 5.41) is 1.25. The second kappa shape index (κ2) is 8.04. The molecule has 0 aromatic heterocycles. The molecule has 2 saturated heterocycles. The number of likely N-dealkylation sites (tertiary alicyclic amines) is 1. The van der Waals surface area contributed by atoms with Gasteiger partial charge in [-0.25, -0.2) is 8.70 Å². The van der Waals surface area contributed by atoms with Crippen LogP contribution in [0.1, 0.15) is 25.3 Å². The number of hydrogen-bond donors (Lipinski definition) is 0. The second-order valence-corrected chi connectivity index (χ2v) is 9.79. The Labute approximate surface area is 180 Å². The normalized spacial score (nSPS) is 26.3. The Morgan fingerprint density at radius 2 is 2.00 bits per heavy atom. The fourth-order valence-corrected chi connectivity index (χ4v) is 6.02. The average Bonchev–Trinajstić information content (AvgIpc) is 2.97. The zero-order valence-electron chi connectivity index (χ0n) is 16.0. The van der Waals surface area contributed by atoms with Crippen LogP contribution in [0.3, 0.4) is 0 Å². The van der Waals surface area contributed by atoms with Gasteiger partial charge in [-0.2, -0.15) is 0 Å². The first-order valence-electron chi connectivity index (χ1n) is 9.50. The summed E-state index contributed by atoms with van der Waals surface area (Å²) in [6.07, 6.45) is 2.03. The van der Waals surface area contributed by atoms with Crippen molar-refractivity contribution in [2.75, 3.05) is 24.4 Å². The maximum Gasteiger partial charge on any atom is 0.125 e. The van der Waals surface area contributed by atoms with Crippen molar-refractivity contribution in [3.63, 3.8) is 0 Å². The van der Waals surface area contributed by atoms with Crippen molar-refractivity contribution in [3.8, 4) is 0 Å². The van der Waals surface area contributed by atoms with Crippen molar-refractivity contribution in [3.05, 3.63) is 63.9 Å². The maximum absolute atomic E-state index is 13.8. The summed E-state index contributed by atoms with van der Waals surface area (Å²) in [6.45, 7) is 4.99. The summed E-state index contributed by atoms with van der Waals surface area (Å²) >= 11 is 14.3. The Balaban J connectivity index is 1.54. The fraction of sp³-hybridized carbons (Fsp3) is 0.429. The van der Waals surface area contributed by atoms with E-state index < -0.39 is 0 Å². The molecule has 1 spiro atoms. The highest BCUT2D eigenvalue weighted by Crippen LogP contribution is 2.47. The summed E-state index contributed by atoms with van der Waals surface area (Å²) in [6, 6.07) is 13.1. The minimum absolute atomic E-state index is 0.00124. The smallest absolute Gasteiger partial charge is 0.125 e. The quantitative estimate of drug-likeness (QED) is 0.552. The highest BCUT2D eigenvalue weighted by atomic mass is 35.5. The minimum atomic E-state index is -0.191. The van der Waals surface area contributed by atoms with Crippen molar-refractivity contribution in [1.82, 2.24) is 9.21 Å². The van der Waals surface area contributed by atoms with Crippen LogP contribution in [0.25, 0.3) is 0 Å². The predicted molar refractivity (Wildman–Crippen MR) is 117 cm³/mol. The largest absolute Gasteiger partial charge is 0.296 e. The lowest BCUT2D eigenvalue weighted by atomic mass is 9.82. The van der Waals surface area contributed by atoms with Gasteiger partial charge in [-0.3, -0.25) is 9.21 Å². The van der Waals surface area contributed by atoms with E-state index in [2.05, 4.69) is 27.5 Å². The van der Waals surface area contributed by atoms with Crippen molar-refractivity contribution in [2.45, 2.75) is 37.9 Å². The van der Waals surface area contributed by atoms with Crippen LogP contribution in [0.4, 0.5) is 10.1 Å². The third-order valence-electron chi connectivity index (χ3n) is 5.78. The Hall–Kier alpha value is -0.980. The SMILES string of the molecule is C[C@H]1C[C@]2(CCN1Cc1cccc(Cl)c1Cl)CN(C)SN2c1cccc(F)c1. The number of halogens is 3. The van der Waals surface area contributed by atoms with Crippen LogP contribution >= 0.6 is 35.3 Å². The first-order chi connectivity index (χ1) is 13.4. The van der Waals surface area contributed by atoms with Crippen LogP contribution in [-0.2, 0) is 6.54 Å². The number of piperidine rings is 1. The van der Waals surface area contributed by atoms with Gasteiger partial charge in [0, 0.05) is 37.8 Å². The fourth-order valence-electron chi connectivity index (χ4n) is 4.46. The van der Waals surface area contributed by atoms with E-state index in [4.69, 9.17) is 23.2 Å². The van der Waals surface area contributed by atoms with Gasteiger partial charge >= 0.3 is 0 Å². The monoisotopic (exact) mass is 439 g/mol. The van der Waals surface area contributed by atoms with Gasteiger partial charge in [0.05, 0.1) is 21.3 Å². The number of anilines is 1. The lowest BCUT2D eigenvalue weighted by Crippen LogP contribution is -2.56. The molecular weight excluding hydrogens is 416 g/mol. The van der Waals surface area contributed by atoms with Crippen LogP contribution in [0, 0.1) is 5.82 Å². The van der Waals surface area contributed by atoms with Gasteiger partial charge < -0.3 is 0 Å².